The third-order valence-electron chi connectivity index (χ3n) is 4.00. The Balaban J connectivity index is 1.84. The fourth-order valence-electron chi connectivity index (χ4n) is 2.84. The molecule has 102 valence electrons. The second kappa shape index (κ2) is 5.29. The maximum Gasteiger partial charge on any atom is 0.166 e. The van der Waals surface area contributed by atoms with Crippen LogP contribution in [0.1, 0.15) is 27.9 Å². The van der Waals surface area contributed by atoms with Crippen molar-refractivity contribution in [2.75, 3.05) is 5.73 Å². The normalized spacial score (nSPS) is 17.6. The van der Waals surface area contributed by atoms with Crippen LogP contribution in [0.25, 0.3) is 0 Å². The van der Waals surface area contributed by atoms with Crippen LogP contribution in [0, 0.1) is 5.92 Å². The van der Waals surface area contributed by atoms with Gasteiger partial charge in [0.15, 0.2) is 5.78 Å². The fraction of sp³-hybridized carbons (Fsp3) is 0.235. The van der Waals surface area contributed by atoms with Gasteiger partial charge in [-0.15, -0.1) is 0 Å². The van der Waals surface area contributed by atoms with E-state index in [-0.39, 0.29) is 11.7 Å². The summed E-state index contributed by atoms with van der Waals surface area (Å²) in [6.45, 7) is 0. The number of anilines is 1. The summed E-state index contributed by atoms with van der Waals surface area (Å²) >= 11 is 6.00. The van der Waals surface area contributed by atoms with Crippen LogP contribution in [0.5, 0.6) is 0 Å². The van der Waals surface area contributed by atoms with E-state index in [0.29, 0.717) is 16.3 Å². The molecule has 2 nitrogen and oxygen atoms in total. The molecule has 0 aromatic heterocycles. The van der Waals surface area contributed by atoms with E-state index in [0.717, 1.165) is 19.3 Å². The molecule has 3 heteroatoms. The van der Waals surface area contributed by atoms with Gasteiger partial charge in [0.2, 0.25) is 0 Å². The van der Waals surface area contributed by atoms with Crippen molar-refractivity contribution in [3.05, 3.63) is 64.2 Å². The number of ketones is 1. The quantitative estimate of drug-likeness (QED) is 0.671. The van der Waals surface area contributed by atoms with Crippen LogP contribution in [0.2, 0.25) is 5.02 Å². The van der Waals surface area contributed by atoms with Crippen molar-refractivity contribution in [2.24, 2.45) is 5.92 Å². The highest BCUT2D eigenvalue weighted by Crippen LogP contribution is 2.29. The molecule has 0 bridgehead atoms. The average molecular weight is 286 g/mol. The first-order valence-electron chi connectivity index (χ1n) is 6.81. The number of aryl methyl sites for hydroxylation is 1. The first kappa shape index (κ1) is 13.2. The van der Waals surface area contributed by atoms with Gasteiger partial charge >= 0.3 is 0 Å². The number of rotatable bonds is 2. The van der Waals surface area contributed by atoms with E-state index in [9.17, 15) is 4.79 Å². The summed E-state index contributed by atoms with van der Waals surface area (Å²) in [7, 11) is 0. The van der Waals surface area contributed by atoms with Crippen molar-refractivity contribution in [2.45, 2.75) is 19.3 Å². The van der Waals surface area contributed by atoms with Gasteiger partial charge in [-0.3, -0.25) is 4.79 Å². The zero-order valence-corrected chi connectivity index (χ0v) is 11.9. The van der Waals surface area contributed by atoms with Crippen LogP contribution < -0.4 is 5.73 Å². The molecule has 0 radical (unpaired) electrons. The predicted octanol–water partition coefficient (Wildman–Crippen LogP) is 3.91. The first-order valence-corrected chi connectivity index (χ1v) is 7.19. The minimum absolute atomic E-state index is 0.0459. The number of carbonyl (C=O) groups is 1. The molecule has 1 aliphatic rings. The Morgan fingerprint density at radius 3 is 2.65 bits per heavy atom. The Morgan fingerprint density at radius 1 is 1.15 bits per heavy atom. The van der Waals surface area contributed by atoms with Gasteiger partial charge in [-0.05, 0) is 48.6 Å². The molecule has 0 heterocycles. The van der Waals surface area contributed by atoms with E-state index in [1.807, 2.05) is 6.07 Å². The topological polar surface area (TPSA) is 43.1 Å². The lowest BCUT2D eigenvalue weighted by molar-refractivity contribution is 0.0909. The number of hydrogen-bond acceptors (Lipinski definition) is 2. The molecule has 1 unspecified atom stereocenters. The van der Waals surface area contributed by atoms with E-state index in [1.165, 1.54) is 11.1 Å². The van der Waals surface area contributed by atoms with Crippen molar-refractivity contribution in [1.82, 2.24) is 0 Å². The Morgan fingerprint density at radius 2 is 1.90 bits per heavy atom. The Hall–Kier alpha value is -1.80. The molecular weight excluding hydrogens is 270 g/mol. The molecular formula is C17H16ClNO. The van der Waals surface area contributed by atoms with Gasteiger partial charge in [-0.25, -0.2) is 0 Å². The predicted molar refractivity (Wildman–Crippen MR) is 82.2 cm³/mol. The molecule has 0 spiro atoms. The molecule has 0 fully saturated rings. The molecule has 1 aliphatic carbocycles. The SMILES string of the molecule is Nc1ccc(C(=O)C2CCc3ccccc3C2)cc1Cl. The van der Waals surface area contributed by atoms with Gasteiger partial charge in [0.25, 0.3) is 0 Å². The third kappa shape index (κ3) is 2.44. The van der Waals surface area contributed by atoms with E-state index in [1.54, 1.807) is 18.2 Å². The van der Waals surface area contributed by atoms with Crippen molar-refractivity contribution in [3.8, 4) is 0 Å². The van der Waals surface area contributed by atoms with Gasteiger partial charge in [-0.1, -0.05) is 35.9 Å². The average Bonchev–Trinajstić information content (AvgIpc) is 2.49. The monoisotopic (exact) mass is 285 g/mol. The number of benzene rings is 2. The zero-order chi connectivity index (χ0) is 14.1. The first-order chi connectivity index (χ1) is 9.65. The van der Waals surface area contributed by atoms with Crippen molar-refractivity contribution >= 4 is 23.1 Å². The summed E-state index contributed by atoms with van der Waals surface area (Å²) in [6.07, 6.45) is 2.68. The number of nitrogens with two attached hydrogens (primary N) is 1. The van der Waals surface area contributed by atoms with Crippen LogP contribution >= 0.6 is 11.6 Å². The van der Waals surface area contributed by atoms with Crippen molar-refractivity contribution in [3.63, 3.8) is 0 Å². The van der Waals surface area contributed by atoms with Gasteiger partial charge in [0.05, 0.1) is 10.7 Å². The lowest BCUT2D eigenvalue weighted by atomic mass is 9.80. The molecule has 2 aromatic carbocycles. The van der Waals surface area contributed by atoms with Crippen LogP contribution in [0.3, 0.4) is 0 Å². The van der Waals surface area contributed by atoms with Crippen LogP contribution in [0.4, 0.5) is 5.69 Å². The van der Waals surface area contributed by atoms with E-state index < -0.39 is 0 Å². The fourth-order valence-corrected chi connectivity index (χ4v) is 3.02. The summed E-state index contributed by atoms with van der Waals surface area (Å²) in [5.41, 5.74) is 9.52. The second-order valence-electron chi connectivity index (χ2n) is 5.31. The van der Waals surface area contributed by atoms with Crippen LogP contribution in [-0.4, -0.2) is 5.78 Å². The standard InChI is InChI=1S/C17H16ClNO/c18-15-10-14(7-8-16(15)19)17(20)13-6-5-11-3-1-2-4-12(11)9-13/h1-4,7-8,10,13H,5-6,9,19H2. The molecule has 3 rings (SSSR count). The van der Waals surface area contributed by atoms with Crippen molar-refractivity contribution < 1.29 is 4.79 Å². The smallest absolute Gasteiger partial charge is 0.166 e. The minimum atomic E-state index is 0.0459. The highest BCUT2D eigenvalue weighted by molar-refractivity contribution is 6.33. The number of hydrogen-bond donors (Lipinski definition) is 1. The Bertz CT molecular complexity index is 666. The molecule has 0 saturated heterocycles. The van der Waals surface area contributed by atoms with Gasteiger partial charge in [0.1, 0.15) is 0 Å². The second-order valence-corrected chi connectivity index (χ2v) is 5.72. The van der Waals surface area contributed by atoms with Crippen molar-refractivity contribution in [1.29, 1.82) is 0 Å². The zero-order valence-electron chi connectivity index (χ0n) is 11.1. The van der Waals surface area contributed by atoms with Gasteiger partial charge in [0, 0.05) is 11.5 Å². The molecule has 0 amide bonds. The Kier molecular flexibility index (Phi) is 3.49. The van der Waals surface area contributed by atoms with E-state index in [2.05, 4.69) is 18.2 Å². The van der Waals surface area contributed by atoms with E-state index >= 15 is 0 Å². The molecule has 1 atom stereocenters. The molecule has 0 aliphatic heterocycles. The lowest BCUT2D eigenvalue weighted by Crippen LogP contribution is -2.22. The van der Waals surface area contributed by atoms with Crippen LogP contribution in [-0.2, 0) is 12.8 Å². The Labute approximate surface area is 123 Å². The molecule has 0 saturated carbocycles. The largest absolute Gasteiger partial charge is 0.398 e. The summed E-state index contributed by atoms with van der Waals surface area (Å²) in [6, 6.07) is 13.5. The van der Waals surface area contributed by atoms with Gasteiger partial charge < -0.3 is 5.73 Å². The number of Topliss-reactive ketones (excluding diaryl/α,β-unsaturated/α-hetero) is 1. The third-order valence-corrected chi connectivity index (χ3v) is 4.33. The maximum atomic E-state index is 12.6. The number of carbonyl (C=O) groups excluding carboxylic acids is 1. The molecule has 20 heavy (non-hydrogen) atoms. The highest BCUT2D eigenvalue weighted by atomic mass is 35.5. The molecule has 2 aromatic rings. The van der Waals surface area contributed by atoms with E-state index in [4.69, 9.17) is 17.3 Å². The number of fused-ring (bicyclic) bond motifs is 1. The summed E-state index contributed by atoms with van der Waals surface area (Å²) < 4.78 is 0. The van der Waals surface area contributed by atoms with Crippen LogP contribution in [0.15, 0.2) is 42.5 Å². The minimum Gasteiger partial charge on any atom is -0.398 e. The summed E-state index contributed by atoms with van der Waals surface area (Å²) in [5, 5.41) is 0.451. The summed E-state index contributed by atoms with van der Waals surface area (Å²) in [4.78, 5) is 12.6. The summed E-state index contributed by atoms with van der Waals surface area (Å²) in [5.74, 6) is 0.214. The van der Waals surface area contributed by atoms with Gasteiger partial charge in [-0.2, -0.15) is 0 Å². The molecule has 2 N–H and O–H groups in total. The number of nitrogen functional groups attached to an aromatic ring is 1. The lowest BCUT2D eigenvalue weighted by Gasteiger charge is -2.23. The maximum absolute atomic E-state index is 12.6. The highest BCUT2D eigenvalue weighted by Gasteiger charge is 2.25. The number of halogens is 1.